The number of hydrogen-bond donors (Lipinski definition) is 1. The molecule has 1 unspecified atom stereocenters. The van der Waals surface area contributed by atoms with E-state index >= 15 is 0 Å². The molecule has 3 rings (SSSR count). The first kappa shape index (κ1) is 13.4. The Balaban J connectivity index is 1.76. The summed E-state index contributed by atoms with van der Waals surface area (Å²) in [5, 5.41) is 7.45. The summed E-state index contributed by atoms with van der Waals surface area (Å²) in [6.45, 7) is 2.80. The fraction of sp³-hybridized carbons (Fsp3) is 0.600. The molecule has 0 amide bonds. The molecule has 20 heavy (non-hydrogen) atoms. The third kappa shape index (κ3) is 2.63. The number of nitrogens with one attached hydrogen (secondary N) is 1. The molecule has 0 fully saturated rings. The molecule has 1 aliphatic carbocycles. The van der Waals surface area contributed by atoms with Crippen molar-refractivity contribution in [2.75, 3.05) is 7.05 Å². The average molecular weight is 274 g/mol. The molecule has 0 aliphatic heterocycles. The van der Waals surface area contributed by atoms with Crippen LogP contribution in [0.4, 0.5) is 0 Å². The summed E-state index contributed by atoms with van der Waals surface area (Å²) in [7, 11) is 2.04. The van der Waals surface area contributed by atoms with E-state index in [0.29, 0.717) is 12.6 Å². The molecule has 0 saturated heterocycles. The SMILES string of the molecule is CCCc1nc(Cn2cc3c(c2)C(NC)CCC3)no1. The number of hydrogen-bond acceptors (Lipinski definition) is 4. The van der Waals surface area contributed by atoms with Crippen molar-refractivity contribution < 1.29 is 4.52 Å². The van der Waals surface area contributed by atoms with Gasteiger partial charge in [0.05, 0.1) is 6.54 Å². The maximum Gasteiger partial charge on any atom is 0.226 e. The van der Waals surface area contributed by atoms with Gasteiger partial charge in [0.2, 0.25) is 5.89 Å². The first-order chi connectivity index (χ1) is 9.80. The van der Waals surface area contributed by atoms with Crippen LogP contribution in [0.1, 0.15) is 55.1 Å². The molecule has 2 heterocycles. The quantitative estimate of drug-likeness (QED) is 0.910. The van der Waals surface area contributed by atoms with Crippen molar-refractivity contribution in [3.8, 4) is 0 Å². The topological polar surface area (TPSA) is 55.9 Å². The van der Waals surface area contributed by atoms with Crippen LogP contribution in [0.15, 0.2) is 16.9 Å². The second kappa shape index (κ2) is 5.79. The Morgan fingerprint density at radius 1 is 1.45 bits per heavy atom. The van der Waals surface area contributed by atoms with Crippen LogP contribution in [-0.4, -0.2) is 21.8 Å². The first-order valence-electron chi connectivity index (χ1n) is 7.47. The zero-order chi connectivity index (χ0) is 13.9. The van der Waals surface area contributed by atoms with E-state index < -0.39 is 0 Å². The highest BCUT2D eigenvalue weighted by Gasteiger charge is 2.20. The van der Waals surface area contributed by atoms with Gasteiger partial charge in [0, 0.05) is 24.9 Å². The normalized spacial score (nSPS) is 18.2. The summed E-state index contributed by atoms with van der Waals surface area (Å²) in [6, 6.07) is 0.487. The van der Waals surface area contributed by atoms with Crippen LogP contribution in [0.5, 0.6) is 0 Å². The zero-order valence-corrected chi connectivity index (χ0v) is 12.2. The number of aryl methyl sites for hydroxylation is 2. The summed E-state index contributed by atoms with van der Waals surface area (Å²) in [5.41, 5.74) is 2.88. The minimum Gasteiger partial charge on any atom is -0.346 e. The third-order valence-corrected chi connectivity index (χ3v) is 3.96. The van der Waals surface area contributed by atoms with Gasteiger partial charge in [0.25, 0.3) is 0 Å². The van der Waals surface area contributed by atoms with E-state index in [1.54, 1.807) is 0 Å². The molecule has 5 nitrogen and oxygen atoms in total. The molecule has 1 aliphatic rings. The number of aromatic nitrogens is 3. The Labute approximate surface area is 119 Å². The Morgan fingerprint density at radius 2 is 2.35 bits per heavy atom. The molecule has 2 aromatic rings. The van der Waals surface area contributed by atoms with Crippen LogP contribution in [0.2, 0.25) is 0 Å². The van der Waals surface area contributed by atoms with E-state index in [-0.39, 0.29) is 0 Å². The van der Waals surface area contributed by atoms with Crippen LogP contribution < -0.4 is 5.32 Å². The molecular weight excluding hydrogens is 252 g/mol. The standard InChI is InChI=1S/C15H22N4O/c1-3-5-15-17-14(18-20-15)10-19-8-11-6-4-7-13(16-2)12(11)9-19/h8-9,13,16H,3-7,10H2,1-2H3. The minimum atomic E-state index is 0.487. The fourth-order valence-corrected chi connectivity index (χ4v) is 2.97. The van der Waals surface area contributed by atoms with E-state index in [4.69, 9.17) is 4.52 Å². The second-order valence-electron chi connectivity index (χ2n) is 5.50. The predicted molar refractivity (Wildman–Crippen MR) is 76.6 cm³/mol. The van der Waals surface area contributed by atoms with E-state index in [9.17, 15) is 0 Å². The van der Waals surface area contributed by atoms with Crippen LogP contribution in [-0.2, 0) is 19.4 Å². The van der Waals surface area contributed by atoms with Crippen molar-refractivity contribution in [1.82, 2.24) is 20.0 Å². The summed E-state index contributed by atoms with van der Waals surface area (Å²) < 4.78 is 7.42. The summed E-state index contributed by atoms with van der Waals surface area (Å²) in [4.78, 5) is 4.43. The molecule has 0 radical (unpaired) electrons. The summed E-state index contributed by atoms with van der Waals surface area (Å²) in [5.74, 6) is 1.51. The van der Waals surface area contributed by atoms with Crippen LogP contribution in [0.3, 0.4) is 0 Å². The monoisotopic (exact) mass is 274 g/mol. The van der Waals surface area contributed by atoms with Crippen molar-refractivity contribution in [3.63, 3.8) is 0 Å². The second-order valence-corrected chi connectivity index (χ2v) is 5.50. The highest BCUT2D eigenvalue weighted by atomic mass is 16.5. The zero-order valence-electron chi connectivity index (χ0n) is 12.2. The Bertz CT molecular complexity index is 572. The van der Waals surface area contributed by atoms with Gasteiger partial charge >= 0.3 is 0 Å². The van der Waals surface area contributed by atoms with Gasteiger partial charge in [0.1, 0.15) is 0 Å². The molecule has 0 spiro atoms. The van der Waals surface area contributed by atoms with Crippen LogP contribution >= 0.6 is 0 Å². The first-order valence-corrected chi connectivity index (χ1v) is 7.47. The van der Waals surface area contributed by atoms with Crippen molar-refractivity contribution in [3.05, 3.63) is 35.2 Å². The van der Waals surface area contributed by atoms with Gasteiger partial charge < -0.3 is 14.4 Å². The van der Waals surface area contributed by atoms with Gasteiger partial charge in [-0.1, -0.05) is 12.1 Å². The van der Waals surface area contributed by atoms with E-state index in [1.807, 2.05) is 7.05 Å². The van der Waals surface area contributed by atoms with Crippen molar-refractivity contribution in [2.45, 2.75) is 51.6 Å². The molecule has 1 N–H and O–H groups in total. The summed E-state index contributed by atoms with van der Waals surface area (Å²) in [6.07, 6.45) is 10.00. The smallest absolute Gasteiger partial charge is 0.226 e. The molecule has 0 bridgehead atoms. The highest BCUT2D eigenvalue weighted by Crippen LogP contribution is 2.30. The molecule has 108 valence electrons. The maximum atomic E-state index is 5.23. The summed E-state index contributed by atoms with van der Waals surface area (Å²) >= 11 is 0. The van der Waals surface area contributed by atoms with Gasteiger partial charge in [-0.25, -0.2) is 0 Å². The molecule has 2 aromatic heterocycles. The van der Waals surface area contributed by atoms with Gasteiger partial charge in [-0.2, -0.15) is 4.98 Å². The average Bonchev–Trinajstić information content (AvgIpc) is 3.05. The Kier molecular flexibility index (Phi) is 3.87. The number of nitrogens with zero attached hydrogens (tertiary/aromatic N) is 3. The minimum absolute atomic E-state index is 0.487. The Hall–Kier alpha value is -1.62. The van der Waals surface area contributed by atoms with Crippen molar-refractivity contribution in [2.24, 2.45) is 0 Å². The van der Waals surface area contributed by atoms with E-state index in [2.05, 4.69) is 39.3 Å². The maximum absolute atomic E-state index is 5.23. The van der Waals surface area contributed by atoms with Gasteiger partial charge in [-0.3, -0.25) is 0 Å². The highest BCUT2D eigenvalue weighted by molar-refractivity contribution is 5.30. The van der Waals surface area contributed by atoms with E-state index in [1.165, 1.54) is 30.4 Å². The van der Waals surface area contributed by atoms with Gasteiger partial charge in [-0.15, -0.1) is 0 Å². The lowest BCUT2D eigenvalue weighted by Gasteiger charge is -2.21. The molecule has 0 saturated carbocycles. The van der Waals surface area contributed by atoms with E-state index in [0.717, 1.165) is 24.6 Å². The molecular formula is C15H22N4O. The van der Waals surface area contributed by atoms with Crippen molar-refractivity contribution >= 4 is 0 Å². The third-order valence-electron chi connectivity index (χ3n) is 3.96. The molecule has 0 aromatic carbocycles. The largest absolute Gasteiger partial charge is 0.346 e. The Morgan fingerprint density at radius 3 is 3.15 bits per heavy atom. The number of rotatable bonds is 5. The molecule has 5 heteroatoms. The van der Waals surface area contributed by atoms with Gasteiger partial charge in [0.15, 0.2) is 5.82 Å². The van der Waals surface area contributed by atoms with Crippen LogP contribution in [0, 0.1) is 0 Å². The molecule has 1 atom stereocenters. The predicted octanol–water partition coefficient (Wildman–Crippen LogP) is 2.47. The lowest BCUT2D eigenvalue weighted by atomic mass is 9.91. The van der Waals surface area contributed by atoms with Crippen LogP contribution in [0.25, 0.3) is 0 Å². The van der Waals surface area contributed by atoms with Crippen molar-refractivity contribution in [1.29, 1.82) is 0 Å². The lowest BCUT2D eigenvalue weighted by molar-refractivity contribution is 0.371. The number of fused-ring (bicyclic) bond motifs is 1. The lowest BCUT2D eigenvalue weighted by Crippen LogP contribution is -2.20. The van der Waals surface area contributed by atoms with Gasteiger partial charge in [-0.05, 0) is 43.9 Å². The fourth-order valence-electron chi connectivity index (χ4n) is 2.97.